The molecule has 3 rings (SSSR count). The maximum Gasteiger partial charge on any atom is 0.261 e. The summed E-state index contributed by atoms with van der Waals surface area (Å²) in [5, 5.41) is 12.1. The summed E-state index contributed by atoms with van der Waals surface area (Å²) in [6, 6.07) is 5.55. The average molecular weight is 362 g/mol. The van der Waals surface area contributed by atoms with Gasteiger partial charge < -0.3 is 10.2 Å². The van der Waals surface area contributed by atoms with Gasteiger partial charge in [-0.15, -0.1) is 11.3 Å². The van der Waals surface area contributed by atoms with Crippen LogP contribution >= 0.6 is 22.9 Å². The Bertz CT molecular complexity index is 764. The molecule has 3 heterocycles. The number of nitriles is 1. The third kappa shape index (κ3) is 3.83. The summed E-state index contributed by atoms with van der Waals surface area (Å²) in [6.07, 6.45) is 5.01. The summed E-state index contributed by atoms with van der Waals surface area (Å²) in [7, 11) is 0. The number of halogens is 1. The van der Waals surface area contributed by atoms with E-state index in [-0.39, 0.29) is 5.91 Å². The first-order valence-electron chi connectivity index (χ1n) is 7.67. The van der Waals surface area contributed by atoms with Crippen molar-refractivity contribution in [3.63, 3.8) is 0 Å². The number of aromatic nitrogens is 2. The van der Waals surface area contributed by atoms with E-state index in [1.54, 1.807) is 18.3 Å². The van der Waals surface area contributed by atoms with Crippen molar-refractivity contribution in [1.29, 1.82) is 5.26 Å². The molecule has 0 aromatic carbocycles. The maximum absolute atomic E-state index is 12.0. The van der Waals surface area contributed by atoms with Crippen molar-refractivity contribution in [2.75, 3.05) is 24.5 Å². The predicted molar refractivity (Wildman–Crippen MR) is 93.3 cm³/mol. The number of nitrogens with one attached hydrogen (secondary N) is 1. The molecule has 8 heteroatoms. The van der Waals surface area contributed by atoms with E-state index in [2.05, 4.69) is 26.3 Å². The Labute approximate surface area is 149 Å². The number of nitrogens with zero attached hydrogens (tertiary/aromatic N) is 4. The summed E-state index contributed by atoms with van der Waals surface area (Å²) < 4.78 is 0.616. The first-order valence-corrected chi connectivity index (χ1v) is 8.86. The highest BCUT2D eigenvalue weighted by Crippen LogP contribution is 2.24. The van der Waals surface area contributed by atoms with Crippen LogP contribution in [-0.2, 0) is 0 Å². The Hall–Kier alpha value is -2.17. The highest BCUT2D eigenvalue weighted by molar-refractivity contribution is 7.17. The molecule has 124 valence electrons. The van der Waals surface area contributed by atoms with Crippen LogP contribution in [0, 0.1) is 17.2 Å². The molecule has 0 spiro atoms. The lowest BCUT2D eigenvalue weighted by Gasteiger charge is -2.32. The molecule has 0 radical (unpaired) electrons. The van der Waals surface area contributed by atoms with E-state index in [0.717, 1.165) is 25.9 Å². The lowest BCUT2D eigenvalue weighted by molar-refractivity contribution is 0.0949. The Balaban J connectivity index is 1.50. The topological polar surface area (TPSA) is 81.9 Å². The normalized spacial score (nSPS) is 15.1. The number of thiophene rings is 1. The van der Waals surface area contributed by atoms with Gasteiger partial charge in [0, 0.05) is 32.0 Å². The van der Waals surface area contributed by atoms with Gasteiger partial charge in [-0.05, 0) is 30.9 Å². The van der Waals surface area contributed by atoms with Gasteiger partial charge in [-0.3, -0.25) is 4.79 Å². The van der Waals surface area contributed by atoms with E-state index in [1.165, 1.54) is 17.5 Å². The monoisotopic (exact) mass is 361 g/mol. The molecule has 2 aromatic rings. The lowest BCUT2D eigenvalue weighted by Crippen LogP contribution is -2.39. The van der Waals surface area contributed by atoms with E-state index in [9.17, 15) is 4.79 Å². The van der Waals surface area contributed by atoms with E-state index >= 15 is 0 Å². The molecule has 2 aromatic heterocycles. The van der Waals surface area contributed by atoms with Crippen molar-refractivity contribution in [1.82, 2.24) is 15.3 Å². The van der Waals surface area contributed by atoms with Gasteiger partial charge in [0.2, 0.25) is 0 Å². The smallest absolute Gasteiger partial charge is 0.261 e. The molecule has 1 amide bonds. The molecular formula is C16H16ClN5OS. The molecule has 1 saturated heterocycles. The molecule has 0 unspecified atom stereocenters. The Morgan fingerprint density at radius 3 is 2.79 bits per heavy atom. The Morgan fingerprint density at radius 1 is 1.38 bits per heavy atom. The van der Waals surface area contributed by atoms with Crippen LogP contribution in [0.2, 0.25) is 4.34 Å². The second-order valence-corrected chi connectivity index (χ2v) is 7.30. The van der Waals surface area contributed by atoms with Crippen molar-refractivity contribution in [3.8, 4) is 6.07 Å². The second kappa shape index (κ2) is 7.60. The molecule has 1 aliphatic rings. The van der Waals surface area contributed by atoms with Crippen LogP contribution in [0.5, 0.6) is 0 Å². The van der Waals surface area contributed by atoms with Crippen molar-refractivity contribution in [2.24, 2.45) is 5.92 Å². The van der Waals surface area contributed by atoms with Gasteiger partial charge in [0.05, 0.1) is 9.21 Å². The predicted octanol–water partition coefficient (Wildman–Crippen LogP) is 2.71. The van der Waals surface area contributed by atoms with Gasteiger partial charge in [-0.25, -0.2) is 9.97 Å². The molecule has 24 heavy (non-hydrogen) atoms. The van der Waals surface area contributed by atoms with Gasteiger partial charge in [0.15, 0.2) is 11.5 Å². The minimum absolute atomic E-state index is 0.0741. The number of piperidine rings is 1. The zero-order chi connectivity index (χ0) is 16.9. The van der Waals surface area contributed by atoms with Gasteiger partial charge in [-0.2, -0.15) is 5.26 Å². The first kappa shape index (κ1) is 16.7. The van der Waals surface area contributed by atoms with E-state index in [4.69, 9.17) is 16.9 Å². The van der Waals surface area contributed by atoms with Crippen molar-refractivity contribution in [3.05, 3.63) is 39.4 Å². The summed E-state index contributed by atoms with van der Waals surface area (Å²) in [6.45, 7) is 2.26. The maximum atomic E-state index is 12.0. The second-order valence-electron chi connectivity index (χ2n) is 5.58. The van der Waals surface area contributed by atoms with Crippen LogP contribution in [0.3, 0.4) is 0 Å². The van der Waals surface area contributed by atoms with Crippen LogP contribution in [0.25, 0.3) is 0 Å². The van der Waals surface area contributed by atoms with E-state index in [1.807, 2.05) is 0 Å². The minimum atomic E-state index is -0.0741. The molecule has 0 atom stereocenters. The number of anilines is 1. The molecule has 0 bridgehead atoms. The van der Waals surface area contributed by atoms with E-state index in [0.29, 0.717) is 33.2 Å². The number of amides is 1. The summed E-state index contributed by atoms with van der Waals surface area (Å²) in [5.74, 6) is 0.994. The molecule has 0 saturated carbocycles. The fourth-order valence-corrected chi connectivity index (χ4v) is 3.71. The number of hydrogen-bond donors (Lipinski definition) is 1. The van der Waals surface area contributed by atoms with Crippen LogP contribution in [-0.4, -0.2) is 35.5 Å². The van der Waals surface area contributed by atoms with Gasteiger partial charge in [0.25, 0.3) is 5.91 Å². The third-order valence-corrected chi connectivity index (χ3v) is 5.28. The molecular weight excluding hydrogens is 346 g/mol. The summed E-state index contributed by atoms with van der Waals surface area (Å²) in [4.78, 5) is 23.1. The fraction of sp³-hybridized carbons (Fsp3) is 0.375. The van der Waals surface area contributed by atoms with E-state index < -0.39 is 0 Å². The van der Waals surface area contributed by atoms with Crippen molar-refractivity contribution >= 4 is 34.7 Å². The Kier molecular flexibility index (Phi) is 5.28. The lowest BCUT2D eigenvalue weighted by atomic mass is 9.96. The van der Waals surface area contributed by atoms with Gasteiger partial charge >= 0.3 is 0 Å². The SMILES string of the molecule is N#Cc1nccnc1N1CCC(CNC(=O)c2ccc(Cl)s2)CC1. The standard InChI is InChI=1S/C16H16ClN5OS/c17-14-2-1-13(24-14)16(23)21-10-11-3-7-22(8-4-11)15-12(9-18)19-5-6-20-15/h1-2,5-6,11H,3-4,7-8,10H2,(H,21,23). The van der Waals surface area contributed by atoms with Crippen molar-refractivity contribution < 1.29 is 4.79 Å². The Morgan fingerprint density at radius 2 is 2.12 bits per heavy atom. The van der Waals surface area contributed by atoms with Crippen LogP contribution < -0.4 is 10.2 Å². The van der Waals surface area contributed by atoms with Crippen LogP contribution in [0.15, 0.2) is 24.5 Å². The molecule has 0 aliphatic carbocycles. The first-order chi connectivity index (χ1) is 11.7. The number of rotatable bonds is 4. The summed E-state index contributed by atoms with van der Waals surface area (Å²) >= 11 is 7.13. The van der Waals surface area contributed by atoms with Crippen LogP contribution in [0.1, 0.15) is 28.2 Å². The molecule has 1 aliphatic heterocycles. The number of carbonyl (C=O) groups excluding carboxylic acids is 1. The van der Waals surface area contributed by atoms with Crippen LogP contribution in [0.4, 0.5) is 5.82 Å². The third-order valence-electron chi connectivity index (χ3n) is 4.05. The highest BCUT2D eigenvalue weighted by atomic mass is 35.5. The highest BCUT2D eigenvalue weighted by Gasteiger charge is 2.23. The largest absolute Gasteiger partial charge is 0.354 e. The minimum Gasteiger partial charge on any atom is -0.354 e. The number of carbonyl (C=O) groups is 1. The van der Waals surface area contributed by atoms with Gasteiger partial charge in [-0.1, -0.05) is 11.6 Å². The van der Waals surface area contributed by atoms with Crippen molar-refractivity contribution in [2.45, 2.75) is 12.8 Å². The zero-order valence-corrected chi connectivity index (χ0v) is 14.5. The molecule has 1 N–H and O–H groups in total. The molecule has 6 nitrogen and oxygen atoms in total. The quantitative estimate of drug-likeness (QED) is 0.905. The average Bonchev–Trinajstić information content (AvgIpc) is 3.06. The fourth-order valence-electron chi connectivity index (χ4n) is 2.75. The summed E-state index contributed by atoms with van der Waals surface area (Å²) in [5.41, 5.74) is 0.360. The zero-order valence-electron chi connectivity index (χ0n) is 12.9. The number of hydrogen-bond acceptors (Lipinski definition) is 6. The van der Waals surface area contributed by atoms with Gasteiger partial charge in [0.1, 0.15) is 6.07 Å². The molecule has 1 fully saturated rings.